The lowest BCUT2D eigenvalue weighted by Gasteiger charge is -2.29. The predicted octanol–water partition coefficient (Wildman–Crippen LogP) is 2.63. The molecular formula is C17H17N3. The zero-order valence-electron chi connectivity index (χ0n) is 11.3. The summed E-state index contributed by atoms with van der Waals surface area (Å²) in [5.74, 6) is 0. The monoisotopic (exact) mass is 263 g/mol. The molecule has 1 fully saturated rings. The molecule has 100 valence electrons. The van der Waals surface area contributed by atoms with E-state index in [1.807, 2.05) is 24.3 Å². The summed E-state index contributed by atoms with van der Waals surface area (Å²) in [6, 6.07) is 18.5. The smallest absolute Gasteiger partial charge is 0.0998 e. The van der Waals surface area contributed by atoms with Crippen LogP contribution >= 0.6 is 0 Å². The minimum absolute atomic E-state index is 0.724. The van der Waals surface area contributed by atoms with Gasteiger partial charge in [0, 0.05) is 31.9 Å². The van der Waals surface area contributed by atoms with Gasteiger partial charge in [-0.15, -0.1) is 0 Å². The summed E-state index contributed by atoms with van der Waals surface area (Å²) in [6.45, 7) is 4.18. The van der Waals surface area contributed by atoms with Crippen molar-refractivity contribution in [1.82, 2.24) is 5.32 Å². The maximum atomic E-state index is 9.17. The normalized spacial score (nSPS) is 14.8. The summed E-state index contributed by atoms with van der Waals surface area (Å²) in [7, 11) is 0. The molecule has 3 nitrogen and oxygen atoms in total. The first-order valence-electron chi connectivity index (χ1n) is 6.94. The van der Waals surface area contributed by atoms with Gasteiger partial charge in [0.05, 0.1) is 11.6 Å². The molecule has 1 N–H and O–H groups in total. The van der Waals surface area contributed by atoms with E-state index in [-0.39, 0.29) is 0 Å². The molecule has 0 bridgehead atoms. The van der Waals surface area contributed by atoms with Gasteiger partial charge in [0.15, 0.2) is 0 Å². The van der Waals surface area contributed by atoms with Gasteiger partial charge in [-0.1, -0.05) is 30.3 Å². The van der Waals surface area contributed by atoms with Gasteiger partial charge < -0.3 is 10.2 Å². The number of piperazine rings is 1. The number of nitriles is 1. The van der Waals surface area contributed by atoms with Crippen molar-refractivity contribution in [2.45, 2.75) is 0 Å². The topological polar surface area (TPSA) is 39.1 Å². The average Bonchev–Trinajstić information content (AvgIpc) is 2.56. The molecular weight excluding hydrogens is 246 g/mol. The first-order chi connectivity index (χ1) is 9.88. The Morgan fingerprint density at radius 2 is 1.65 bits per heavy atom. The van der Waals surface area contributed by atoms with E-state index < -0.39 is 0 Å². The van der Waals surface area contributed by atoms with E-state index in [1.54, 1.807) is 0 Å². The fourth-order valence-corrected chi connectivity index (χ4v) is 2.61. The molecule has 20 heavy (non-hydrogen) atoms. The van der Waals surface area contributed by atoms with Crippen molar-refractivity contribution in [1.29, 1.82) is 5.26 Å². The van der Waals surface area contributed by atoms with Gasteiger partial charge in [-0.25, -0.2) is 0 Å². The van der Waals surface area contributed by atoms with Crippen LogP contribution in [0, 0.1) is 11.3 Å². The zero-order chi connectivity index (χ0) is 13.8. The second-order valence-corrected chi connectivity index (χ2v) is 4.94. The second-order valence-electron chi connectivity index (χ2n) is 4.94. The van der Waals surface area contributed by atoms with Gasteiger partial charge in [-0.05, 0) is 29.3 Å². The van der Waals surface area contributed by atoms with Gasteiger partial charge in [0.25, 0.3) is 0 Å². The van der Waals surface area contributed by atoms with Gasteiger partial charge in [-0.3, -0.25) is 0 Å². The number of benzene rings is 2. The van der Waals surface area contributed by atoms with Crippen molar-refractivity contribution in [3.05, 3.63) is 54.1 Å². The summed E-state index contributed by atoms with van der Waals surface area (Å²) in [6.07, 6.45) is 0. The maximum absolute atomic E-state index is 9.17. The lowest BCUT2D eigenvalue weighted by atomic mass is 10.00. The maximum Gasteiger partial charge on any atom is 0.0998 e. The number of anilines is 1. The van der Waals surface area contributed by atoms with Crippen LogP contribution in [-0.4, -0.2) is 26.2 Å². The molecule has 0 saturated carbocycles. The minimum Gasteiger partial charge on any atom is -0.369 e. The summed E-state index contributed by atoms with van der Waals surface area (Å²) in [5, 5.41) is 12.5. The first-order valence-corrected chi connectivity index (χ1v) is 6.94. The molecule has 3 rings (SSSR count). The fourth-order valence-electron chi connectivity index (χ4n) is 2.61. The van der Waals surface area contributed by atoms with Crippen LogP contribution < -0.4 is 10.2 Å². The van der Waals surface area contributed by atoms with Crippen LogP contribution in [0.15, 0.2) is 48.5 Å². The van der Waals surface area contributed by atoms with Crippen molar-refractivity contribution in [3.8, 4) is 17.2 Å². The van der Waals surface area contributed by atoms with Crippen molar-refractivity contribution in [3.63, 3.8) is 0 Å². The SMILES string of the molecule is N#Cc1ccccc1-c1ccc(N2CCNCC2)cc1. The Kier molecular flexibility index (Phi) is 3.67. The Bertz CT molecular complexity index is 619. The standard InChI is InChI=1S/C17H17N3/c18-13-15-3-1-2-4-17(15)14-5-7-16(8-6-14)20-11-9-19-10-12-20/h1-8,19H,9-12H2. The molecule has 1 saturated heterocycles. The summed E-state index contributed by atoms with van der Waals surface area (Å²) < 4.78 is 0. The number of nitrogens with one attached hydrogen (secondary N) is 1. The van der Waals surface area contributed by atoms with Crippen molar-refractivity contribution < 1.29 is 0 Å². The molecule has 1 aliphatic rings. The molecule has 2 aromatic rings. The highest BCUT2D eigenvalue weighted by Crippen LogP contribution is 2.26. The molecule has 1 aliphatic heterocycles. The molecule has 0 aliphatic carbocycles. The molecule has 0 radical (unpaired) electrons. The highest BCUT2D eigenvalue weighted by molar-refractivity contribution is 5.72. The first kappa shape index (κ1) is 12.7. The average molecular weight is 263 g/mol. The van der Waals surface area contributed by atoms with Crippen LogP contribution in [0.25, 0.3) is 11.1 Å². The molecule has 0 amide bonds. The Morgan fingerprint density at radius 3 is 2.35 bits per heavy atom. The largest absolute Gasteiger partial charge is 0.369 e. The van der Waals surface area contributed by atoms with Gasteiger partial charge in [-0.2, -0.15) is 5.26 Å². The highest BCUT2D eigenvalue weighted by atomic mass is 15.2. The van der Waals surface area contributed by atoms with Gasteiger partial charge in [0.2, 0.25) is 0 Å². The van der Waals surface area contributed by atoms with Crippen LogP contribution in [0.5, 0.6) is 0 Å². The van der Waals surface area contributed by atoms with Crippen LogP contribution in [0.3, 0.4) is 0 Å². The van der Waals surface area contributed by atoms with Gasteiger partial charge in [0.1, 0.15) is 0 Å². The Balaban J connectivity index is 1.87. The third kappa shape index (κ3) is 2.52. The number of rotatable bonds is 2. The quantitative estimate of drug-likeness (QED) is 0.905. The summed E-state index contributed by atoms with van der Waals surface area (Å²) >= 11 is 0. The van der Waals surface area contributed by atoms with Crippen LogP contribution in [0.2, 0.25) is 0 Å². The van der Waals surface area contributed by atoms with E-state index in [0.29, 0.717) is 0 Å². The molecule has 3 heteroatoms. The zero-order valence-corrected chi connectivity index (χ0v) is 11.3. The van der Waals surface area contributed by atoms with Crippen molar-refractivity contribution >= 4 is 5.69 Å². The lowest BCUT2D eigenvalue weighted by Crippen LogP contribution is -2.43. The van der Waals surface area contributed by atoms with Crippen LogP contribution in [0.4, 0.5) is 5.69 Å². The van der Waals surface area contributed by atoms with E-state index in [2.05, 4.69) is 40.6 Å². The number of hydrogen-bond donors (Lipinski definition) is 1. The van der Waals surface area contributed by atoms with E-state index in [0.717, 1.165) is 42.9 Å². The minimum atomic E-state index is 0.724. The molecule has 2 aromatic carbocycles. The number of hydrogen-bond acceptors (Lipinski definition) is 3. The van der Waals surface area contributed by atoms with E-state index in [1.165, 1.54) is 5.69 Å². The van der Waals surface area contributed by atoms with Gasteiger partial charge >= 0.3 is 0 Å². The molecule has 0 aromatic heterocycles. The molecule has 0 spiro atoms. The van der Waals surface area contributed by atoms with Crippen molar-refractivity contribution in [2.75, 3.05) is 31.1 Å². The summed E-state index contributed by atoms with van der Waals surface area (Å²) in [5.41, 5.74) is 4.08. The molecule has 0 atom stereocenters. The third-order valence-corrected chi connectivity index (χ3v) is 3.71. The van der Waals surface area contributed by atoms with Crippen LogP contribution in [-0.2, 0) is 0 Å². The summed E-state index contributed by atoms with van der Waals surface area (Å²) in [4.78, 5) is 2.39. The third-order valence-electron chi connectivity index (χ3n) is 3.71. The van der Waals surface area contributed by atoms with E-state index >= 15 is 0 Å². The Morgan fingerprint density at radius 1 is 0.950 bits per heavy atom. The van der Waals surface area contributed by atoms with E-state index in [4.69, 9.17) is 0 Å². The molecule has 1 heterocycles. The second kappa shape index (κ2) is 5.77. The Labute approximate surface area is 119 Å². The Hall–Kier alpha value is -2.31. The lowest BCUT2D eigenvalue weighted by molar-refractivity contribution is 0.589. The number of nitrogens with zero attached hydrogens (tertiary/aromatic N) is 2. The fraction of sp³-hybridized carbons (Fsp3) is 0.235. The molecule has 0 unspecified atom stereocenters. The van der Waals surface area contributed by atoms with E-state index in [9.17, 15) is 5.26 Å². The van der Waals surface area contributed by atoms with Crippen molar-refractivity contribution in [2.24, 2.45) is 0 Å². The highest BCUT2D eigenvalue weighted by Gasteiger charge is 2.10. The predicted molar refractivity (Wildman–Crippen MR) is 81.7 cm³/mol. The van der Waals surface area contributed by atoms with Crippen LogP contribution in [0.1, 0.15) is 5.56 Å².